The molecule has 1 N–H and O–H groups in total. The van der Waals surface area contributed by atoms with Crippen molar-refractivity contribution in [2.24, 2.45) is 0 Å². The van der Waals surface area contributed by atoms with Crippen LogP contribution in [0.3, 0.4) is 0 Å². The zero-order chi connectivity index (χ0) is 13.9. The molecule has 0 aliphatic carbocycles. The van der Waals surface area contributed by atoms with E-state index in [2.05, 4.69) is 10.2 Å². The van der Waals surface area contributed by atoms with Crippen molar-refractivity contribution in [3.05, 3.63) is 29.3 Å². The second-order valence-electron chi connectivity index (χ2n) is 4.47. The molecule has 0 bridgehead atoms. The third kappa shape index (κ3) is 3.39. The standard InChI is InChI=1S/C13H17F3N2O/c1-17-9-10-8-11(13(14,15)16)2-3-12(10)18-4-6-19-7-5-18/h2-3,8,17H,4-7,9H2,1H3. The van der Waals surface area contributed by atoms with Crippen LogP contribution in [-0.2, 0) is 17.5 Å². The molecule has 106 valence electrons. The number of alkyl halides is 3. The summed E-state index contributed by atoms with van der Waals surface area (Å²) in [6, 6.07) is 3.92. The molecule has 0 atom stereocenters. The highest BCUT2D eigenvalue weighted by Crippen LogP contribution is 2.33. The van der Waals surface area contributed by atoms with Gasteiger partial charge in [-0.3, -0.25) is 0 Å². The number of hydrogen-bond donors (Lipinski definition) is 1. The van der Waals surface area contributed by atoms with Crippen LogP contribution in [0, 0.1) is 0 Å². The number of nitrogens with one attached hydrogen (secondary N) is 1. The minimum atomic E-state index is -4.30. The maximum atomic E-state index is 12.7. The second kappa shape index (κ2) is 5.79. The molecule has 1 aliphatic heterocycles. The summed E-state index contributed by atoms with van der Waals surface area (Å²) in [4.78, 5) is 2.07. The van der Waals surface area contributed by atoms with Crippen molar-refractivity contribution in [2.45, 2.75) is 12.7 Å². The van der Waals surface area contributed by atoms with E-state index in [-0.39, 0.29) is 0 Å². The molecule has 1 heterocycles. The number of rotatable bonds is 3. The first-order valence-corrected chi connectivity index (χ1v) is 6.20. The maximum absolute atomic E-state index is 12.7. The Kier molecular flexibility index (Phi) is 4.31. The van der Waals surface area contributed by atoms with Gasteiger partial charge < -0.3 is 15.0 Å². The predicted octanol–water partition coefficient (Wildman–Crippen LogP) is 2.26. The van der Waals surface area contributed by atoms with E-state index in [1.807, 2.05) is 0 Å². The minimum absolute atomic E-state index is 0.413. The van der Waals surface area contributed by atoms with E-state index in [9.17, 15) is 13.2 Å². The van der Waals surface area contributed by atoms with Crippen molar-refractivity contribution in [3.63, 3.8) is 0 Å². The molecular formula is C13H17F3N2O. The van der Waals surface area contributed by atoms with Crippen LogP contribution in [0.1, 0.15) is 11.1 Å². The molecule has 1 aromatic carbocycles. The third-order valence-electron chi connectivity index (χ3n) is 3.13. The van der Waals surface area contributed by atoms with E-state index in [0.717, 1.165) is 11.8 Å². The lowest BCUT2D eigenvalue weighted by atomic mass is 10.1. The summed E-state index contributed by atoms with van der Waals surface area (Å²) in [5.74, 6) is 0. The van der Waals surface area contributed by atoms with Crippen molar-refractivity contribution >= 4 is 5.69 Å². The number of benzene rings is 1. The van der Waals surface area contributed by atoms with Gasteiger partial charge in [0.15, 0.2) is 0 Å². The fourth-order valence-electron chi connectivity index (χ4n) is 2.21. The third-order valence-corrected chi connectivity index (χ3v) is 3.13. The van der Waals surface area contributed by atoms with Crippen molar-refractivity contribution in [2.75, 3.05) is 38.3 Å². The molecule has 1 aliphatic rings. The molecule has 0 saturated carbocycles. The molecule has 1 aromatic rings. The number of ether oxygens (including phenoxy) is 1. The number of hydrogen-bond acceptors (Lipinski definition) is 3. The smallest absolute Gasteiger partial charge is 0.378 e. The summed E-state index contributed by atoms with van der Waals surface area (Å²) in [6.45, 7) is 3.06. The van der Waals surface area contributed by atoms with Crippen molar-refractivity contribution in [1.82, 2.24) is 5.32 Å². The van der Waals surface area contributed by atoms with Gasteiger partial charge in [0.2, 0.25) is 0 Å². The lowest BCUT2D eigenvalue weighted by Gasteiger charge is -2.31. The largest absolute Gasteiger partial charge is 0.416 e. The van der Waals surface area contributed by atoms with Crippen molar-refractivity contribution in [3.8, 4) is 0 Å². The van der Waals surface area contributed by atoms with Crippen LogP contribution >= 0.6 is 0 Å². The molecule has 0 spiro atoms. The Morgan fingerprint density at radius 1 is 1.26 bits per heavy atom. The normalized spacial score (nSPS) is 16.7. The maximum Gasteiger partial charge on any atom is 0.416 e. The molecule has 3 nitrogen and oxygen atoms in total. The Morgan fingerprint density at radius 3 is 2.53 bits per heavy atom. The average Bonchev–Trinajstić information content (AvgIpc) is 2.39. The molecule has 0 radical (unpaired) electrons. The Hall–Kier alpha value is -1.27. The Bertz CT molecular complexity index is 428. The van der Waals surface area contributed by atoms with Crippen LogP contribution in [-0.4, -0.2) is 33.4 Å². The predicted molar refractivity (Wildman–Crippen MR) is 67.2 cm³/mol. The molecule has 1 fully saturated rings. The molecule has 0 aromatic heterocycles. The van der Waals surface area contributed by atoms with Gasteiger partial charge in [-0.1, -0.05) is 0 Å². The molecule has 0 amide bonds. The first-order valence-electron chi connectivity index (χ1n) is 6.20. The monoisotopic (exact) mass is 274 g/mol. The van der Waals surface area contributed by atoms with E-state index in [1.54, 1.807) is 13.1 Å². The lowest BCUT2D eigenvalue weighted by molar-refractivity contribution is -0.137. The number of morpholine rings is 1. The van der Waals surface area contributed by atoms with E-state index in [4.69, 9.17) is 4.74 Å². The average molecular weight is 274 g/mol. The Labute approximate surface area is 110 Å². The van der Waals surface area contributed by atoms with Gasteiger partial charge in [-0.05, 0) is 30.8 Å². The van der Waals surface area contributed by atoms with Gasteiger partial charge in [0.1, 0.15) is 0 Å². The highest BCUT2D eigenvalue weighted by molar-refractivity contribution is 5.55. The zero-order valence-electron chi connectivity index (χ0n) is 10.8. The first-order chi connectivity index (χ1) is 9.02. The van der Waals surface area contributed by atoms with Crippen LogP contribution in [0.5, 0.6) is 0 Å². The molecule has 19 heavy (non-hydrogen) atoms. The summed E-state index contributed by atoms with van der Waals surface area (Å²) in [5, 5.41) is 2.92. The molecule has 0 unspecified atom stereocenters. The van der Waals surface area contributed by atoms with Crippen molar-refractivity contribution in [1.29, 1.82) is 0 Å². The lowest BCUT2D eigenvalue weighted by Crippen LogP contribution is -2.37. The van der Waals surface area contributed by atoms with Crippen molar-refractivity contribution < 1.29 is 17.9 Å². The van der Waals surface area contributed by atoms with Gasteiger partial charge in [0.25, 0.3) is 0 Å². The van der Waals surface area contributed by atoms with Gasteiger partial charge in [0, 0.05) is 25.3 Å². The summed E-state index contributed by atoms with van der Waals surface area (Å²) >= 11 is 0. The van der Waals surface area contributed by atoms with Gasteiger partial charge in [-0.15, -0.1) is 0 Å². The number of halogens is 3. The fourth-order valence-corrected chi connectivity index (χ4v) is 2.21. The highest BCUT2D eigenvalue weighted by atomic mass is 19.4. The topological polar surface area (TPSA) is 24.5 Å². The Balaban J connectivity index is 2.31. The second-order valence-corrected chi connectivity index (χ2v) is 4.47. The highest BCUT2D eigenvalue weighted by Gasteiger charge is 2.31. The van der Waals surface area contributed by atoms with Crippen LogP contribution in [0.25, 0.3) is 0 Å². The van der Waals surface area contributed by atoms with E-state index >= 15 is 0 Å². The summed E-state index contributed by atoms with van der Waals surface area (Å²) in [7, 11) is 1.73. The molecule has 6 heteroatoms. The molecule has 2 rings (SSSR count). The minimum Gasteiger partial charge on any atom is -0.378 e. The van der Waals surface area contributed by atoms with E-state index < -0.39 is 11.7 Å². The molecule has 1 saturated heterocycles. The van der Waals surface area contributed by atoms with E-state index in [0.29, 0.717) is 38.4 Å². The van der Waals surface area contributed by atoms with Gasteiger partial charge >= 0.3 is 6.18 Å². The molecular weight excluding hydrogens is 257 g/mol. The van der Waals surface area contributed by atoms with Gasteiger partial charge in [0.05, 0.1) is 18.8 Å². The fraction of sp³-hybridized carbons (Fsp3) is 0.538. The quantitative estimate of drug-likeness (QED) is 0.915. The van der Waals surface area contributed by atoms with Crippen LogP contribution < -0.4 is 10.2 Å². The van der Waals surface area contributed by atoms with Gasteiger partial charge in [-0.2, -0.15) is 13.2 Å². The van der Waals surface area contributed by atoms with Crippen LogP contribution in [0.2, 0.25) is 0 Å². The summed E-state index contributed by atoms with van der Waals surface area (Å²) < 4.78 is 43.4. The zero-order valence-corrected chi connectivity index (χ0v) is 10.8. The number of anilines is 1. The van der Waals surface area contributed by atoms with Crippen LogP contribution in [0.4, 0.5) is 18.9 Å². The van der Waals surface area contributed by atoms with Crippen LogP contribution in [0.15, 0.2) is 18.2 Å². The van der Waals surface area contributed by atoms with Gasteiger partial charge in [-0.25, -0.2) is 0 Å². The Morgan fingerprint density at radius 2 is 1.95 bits per heavy atom. The summed E-state index contributed by atoms with van der Waals surface area (Å²) in [5.41, 5.74) is 0.916. The SMILES string of the molecule is CNCc1cc(C(F)(F)F)ccc1N1CCOCC1. The first kappa shape index (κ1) is 14.1. The number of nitrogens with zero attached hydrogens (tertiary/aromatic N) is 1. The van der Waals surface area contributed by atoms with E-state index in [1.165, 1.54) is 6.07 Å². The summed E-state index contributed by atoms with van der Waals surface area (Å²) in [6.07, 6.45) is -4.30.